The van der Waals surface area contributed by atoms with E-state index in [9.17, 15) is 13.2 Å². The van der Waals surface area contributed by atoms with Gasteiger partial charge in [-0.05, 0) is 67.6 Å². The van der Waals surface area contributed by atoms with Crippen LogP contribution in [0, 0.1) is 0 Å². The van der Waals surface area contributed by atoms with Crippen molar-refractivity contribution in [1.82, 2.24) is 0 Å². The maximum atomic E-state index is 12.2. The minimum atomic E-state index is -3.34. The molecule has 0 saturated heterocycles. The molecule has 31 heavy (non-hydrogen) atoms. The third kappa shape index (κ3) is 6.48. The molecule has 8 heteroatoms. The molecule has 1 amide bonds. The Hall–Kier alpha value is -3.52. The largest absolute Gasteiger partial charge is 0.484 e. The van der Waals surface area contributed by atoms with Gasteiger partial charge in [-0.15, -0.1) is 0 Å². The van der Waals surface area contributed by atoms with Crippen LogP contribution in [0.25, 0.3) is 0 Å². The van der Waals surface area contributed by atoms with Gasteiger partial charge >= 0.3 is 0 Å². The molecule has 0 aliphatic carbocycles. The van der Waals surface area contributed by atoms with E-state index in [4.69, 9.17) is 9.47 Å². The Morgan fingerprint density at radius 3 is 2.03 bits per heavy atom. The number of sulfonamides is 1. The minimum Gasteiger partial charge on any atom is -0.484 e. The van der Waals surface area contributed by atoms with Crippen LogP contribution in [0.5, 0.6) is 17.2 Å². The monoisotopic (exact) mass is 440 g/mol. The third-order valence-corrected chi connectivity index (χ3v) is 5.57. The second-order valence-corrected chi connectivity index (χ2v) is 8.60. The maximum absolute atomic E-state index is 12.2. The summed E-state index contributed by atoms with van der Waals surface area (Å²) in [5, 5.41) is 2.75. The first kappa shape index (κ1) is 22.2. The summed E-state index contributed by atoms with van der Waals surface area (Å²) in [4.78, 5) is 12.2. The van der Waals surface area contributed by atoms with Crippen LogP contribution in [0.4, 0.5) is 11.4 Å². The molecule has 0 bridgehead atoms. The summed E-state index contributed by atoms with van der Waals surface area (Å²) < 4.78 is 36.1. The van der Waals surface area contributed by atoms with E-state index in [1.807, 2.05) is 30.3 Å². The summed E-state index contributed by atoms with van der Waals surface area (Å²) in [7, 11) is -3.34. The molecule has 0 aliphatic heterocycles. The van der Waals surface area contributed by atoms with Crippen LogP contribution in [0.3, 0.4) is 0 Å². The standard InChI is InChI=1S/C23H24N2O5S/c1-3-25(31(2,27)28)19-11-15-20(16-12-19)29-17-23(26)24-18-9-13-22(14-10-18)30-21-7-5-4-6-8-21/h4-16H,3,17H2,1-2H3,(H,24,26). The molecular weight excluding hydrogens is 416 g/mol. The van der Waals surface area contributed by atoms with Crippen LogP contribution in [0.1, 0.15) is 6.92 Å². The Labute approximate surface area is 182 Å². The molecular formula is C23H24N2O5S. The molecule has 1 N–H and O–H groups in total. The normalized spacial score (nSPS) is 10.9. The van der Waals surface area contributed by atoms with Crippen molar-refractivity contribution >= 4 is 27.3 Å². The Morgan fingerprint density at radius 1 is 0.871 bits per heavy atom. The van der Waals surface area contributed by atoms with E-state index in [0.717, 1.165) is 12.0 Å². The first-order valence-corrected chi connectivity index (χ1v) is 11.5. The van der Waals surface area contributed by atoms with Crippen molar-refractivity contribution in [3.63, 3.8) is 0 Å². The number of carbonyl (C=O) groups excluding carboxylic acids is 1. The van der Waals surface area contributed by atoms with Crippen LogP contribution in [0.2, 0.25) is 0 Å². The number of hydrogen-bond acceptors (Lipinski definition) is 5. The molecule has 0 unspecified atom stereocenters. The fourth-order valence-corrected chi connectivity index (χ4v) is 3.87. The second kappa shape index (κ2) is 9.99. The molecule has 0 radical (unpaired) electrons. The number of rotatable bonds is 9. The molecule has 3 aromatic rings. The Balaban J connectivity index is 1.51. The van der Waals surface area contributed by atoms with Crippen molar-refractivity contribution in [2.75, 3.05) is 29.0 Å². The zero-order valence-electron chi connectivity index (χ0n) is 17.3. The number of benzene rings is 3. The smallest absolute Gasteiger partial charge is 0.262 e. The van der Waals surface area contributed by atoms with E-state index >= 15 is 0 Å². The van der Waals surface area contributed by atoms with E-state index < -0.39 is 10.0 Å². The van der Waals surface area contributed by atoms with Crippen LogP contribution < -0.4 is 19.1 Å². The highest BCUT2D eigenvalue weighted by molar-refractivity contribution is 7.92. The van der Waals surface area contributed by atoms with Crippen molar-refractivity contribution in [3.8, 4) is 17.2 Å². The lowest BCUT2D eigenvalue weighted by atomic mass is 10.3. The number of nitrogens with zero attached hydrogens (tertiary/aromatic N) is 1. The molecule has 0 aromatic heterocycles. The van der Waals surface area contributed by atoms with E-state index in [2.05, 4.69) is 5.32 Å². The number of ether oxygens (including phenoxy) is 2. The zero-order chi connectivity index (χ0) is 22.3. The number of nitrogens with one attached hydrogen (secondary N) is 1. The van der Waals surface area contributed by atoms with Crippen molar-refractivity contribution in [3.05, 3.63) is 78.9 Å². The molecule has 0 saturated carbocycles. The molecule has 3 aromatic carbocycles. The summed E-state index contributed by atoms with van der Waals surface area (Å²) in [6.07, 6.45) is 1.16. The van der Waals surface area contributed by atoms with Crippen LogP contribution in [0.15, 0.2) is 78.9 Å². The van der Waals surface area contributed by atoms with Crippen molar-refractivity contribution in [1.29, 1.82) is 0 Å². The molecule has 3 rings (SSSR count). The Morgan fingerprint density at radius 2 is 1.45 bits per heavy atom. The third-order valence-electron chi connectivity index (χ3n) is 4.30. The lowest BCUT2D eigenvalue weighted by Gasteiger charge is -2.20. The predicted octanol–water partition coefficient (Wildman–Crippen LogP) is 4.28. The summed E-state index contributed by atoms with van der Waals surface area (Å²) in [6, 6.07) is 23.0. The molecule has 7 nitrogen and oxygen atoms in total. The minimum absolute atomic E-state index is 0.175. The number of para-hydroxylation sites is 1. The van der Waals surface area contributed by atoms with Gasteiger partial charge in [-0.2, -0.15) is 0 Å². The van der Waals surface area contributed by atoms with E-state index in [0.29, 0.717) is 29.4 Å². The van der Waals surface area contributed by atoms with Crippen molar-refractivity contribution in [2.45, 2.75) is 6.92 Å². The van der Waals surface area contributed by atoms with Gasteiger partial charge in [0.05, 0.1) is 11.9 Å². The zero-order valence-corrected chi connectivity index (χ0v) is 18.1. The average Bonchev–Trinajstić information content (AvgIpc) is 2.75. The first-order chi connectivity index (χ1) is 14.8. The summed E-state index contributed by atoms with van der Waals surface area (Å²) >= 11 is 0. The fraction of sp³-hybridized carbons (Fsp3) is 0.174. The molecule has 0 fully saturated rings. The predicted molar refractivity (Wildman–Crippen MR) is 121 cm³/mol. The van der Waals surface area contributed by atoms with E-state index in [1.54, 1.807) is 55.5 Å². The van der Waals surface area contributed by atoms with Gasteiger partial charge in [-0.25, -0.2) is 8.42 Å². The van der Waals surface area contributed by atoms with Gasteiger partial charge in [0.25, 0.3) is 5.91 Å². The summed E-state index contributed by atoms with van der Waals surface area (Å²) in [6.45, 7) is 1.91. The van der Waals surface area contributed by atoms with E-state index in [1.165, 1.54) is 4.31 Å². The van der Waals surface area contributed by atoms with Crippen molar-refractivity contribution < 1.29 is 22.7 Å². The van der Waals surface area contributed by atoms with Gasteiger partial charge in [0.15, 0.2) is 6.61 Å². The Bertz CT molecular complexity index is 1100. The SMILES string of the molecule is CCN(c1ccc(OCC(=O)Nc2ccc(Oc3ccccc3)cc2)cc1)S(C)(=O)=O. The lowest BCUT2D eigenvalue weighted by molar-refractivity contribution is -0.118. The van der Waals surface area contributed by atoms with Gasteiger partial charge in [0.1, 0.15) is 17.2 Å². The van der Waals surface area contributed by atoms with E-state index in [-0.39, 0.29) is 12.5 Å². The van der Waals surface area contributed by atoms with Gasteiger partial charge < -0.3 is 14.8 Å². The van der Waals surface area contributed by atoms with Gasteiger partial charge in [0.2, 0.25) is 10.0 Å². The quantitative estimate of drug-likeness (QED) is 0.537. The molecule has 162 valence electrons. The molecule has 0 aliphatic rings. The topological polar surface area (TPSA) is 84.9 Å². The number of hydrogen-bond donors (Lipinski definition) is 1. The maximum Gasteiger partial charge on any atom is 0.262 e. The van der Waals surface area contributed by atoms with Crippen LogP contribution >= 0.6 is 0 Å². The lowest BCUT2D eigenvalue weighted by Crippen LogP contribution is -2.29. The van der Waals surface area contributed by atoms with Gasteiger partial charge in [-0.3, -0.25) is 9.10 Å². The molecule has 0 spiro atoms. The summed E-state index contributed by atoms with van der Waals surface area (Å²) in [5.74, 6) is 1.55. The van der Waals surface area contributed by atoms with Crippen LogP contribution in [-0.2, 0) is 14.8 Å². The first-order valence-electron chi connectivity index (χ1n) is 9.68. The molecule has 0 atom stereocenters. The Kier molecular flexibility index (Phi) is 7.15. The van der Waals surface area contributed by atoms with Gasteiger partial charge in [0, 0.05) is 12.2 Å². The molecule has 0 heterocycles. The highest BCUT2D eigenvalue weighted by Crippen LogP contribution is 2.23. The number of carbonyl (C=O) groups is 1. The average molecular weight is 441 g/mol. The number of amides is 1. The highest BCUT2D eigenvalue weighted by Gasteiger charge is 2.15. The summed E-state index contributed by atoms with van der Waals surface area (Å²) in [5.41, 5.74) is 1.16. The van der Waals surface area contributed by atoms with Gasteiger partial charge in [-0.1, -0.05) is 18.2 Å². The number of anilines is 2. The van der Waals surface area contributed by atoms with Crippen molar-refractivity contribution in [2.24, 2.45) is 0 Å². The highest BCUT2D eigenvalue weighted by atomic mass is 32.2. The fourth-order valence-electron chi connectivity index (χ4n) is 2.89. The van der Waals surface area contributed by atoms with Crippen LogP contribution in [-0.4, -0.2) is 33.7 Å². The second-order valence-electron chi connectivity index (χ2n) is 6.70.